The lowest BCUT2D eigenvalue weighted by molar-refractivity contribution is 0.0940. The zero-order valence-electron chi connectivity index (χ0n) is 12.4. The van der Waals surface area contributed by atoms with Crippen molar-refractivity contribution in [2.24, 2.45) is 0 Å². The average Bonchev–Trinajstić information content (AvgIpc) is 2.46. The van der Waals surface area contributed by atoms with Gasteiger partial charge in [0, 0.05) is 16.9 Å². The third-order valence-electron chi connectivity index (χ3n) is 3.48. The minimum atomic E-state index is -0.180. The molecule has 1 atom stereocenters. The number of nitrogens with two attached hydrogens (primary N) is 2. The van der Waals surface area contributed by atoms with E-state index in [-0.39, 0.29) is 11.9 Å². The first-order valence-corrected chi connectivity index (χ1v) is 7.05. The van der Waals surface area contributed by atoms with Gasteiger partial charge in [-0.2, -0.15) is 0 Å². The van der Waals surface area contributed by atoms with Crippen LogP contribution in [0.25, 0.3) is 0 Å². The predicted molar refractivity (Wildman–Crippen MR) is 87.0 cm³/mol. The van der Waals surface area contributed by atoms with Gasteiger partial charge in [0.15, 0.2) is 0 Å². The van der Waals surface area contributed by atoms with Gasteiger partial charge in [-0.3, -0.25) is 4.79 Å². The number of anilines is 2. The van der Waals surface area contributed by atoms with Crippen LogP contribution < -0.4 is 16.8 Å². The molecule has 2 aromatic carbocycles. The summed E-state index contributed by atoms with van der Waals surface area (Å²) in [7, 11) is 0. The van der Waals surface area contributed by atoms with Gasteiger partial charge in [0.25, 0.3) is 5.91 Å². The highest BCUT2D eigenvalue weighted by atomic mass is 16.1. The molecule has 0 aromatic heterocycles. The van der Waals surface area contributed by atoms with Crippen molar-refractivity contribution < 1.29 is 4.79 Å². The first kappa shape index (κ1) is 14.9. The molecule has 0 heterocycles. The molecule has 0 aliphatic rings. The molecule has 2 rings (SSSR count). The van der Waals surface area contributed by atoms with E-state index < -0.39 is 0 Å². The van der Waals surface area contributed by atoms with E-state index in [0.29, 0.717) is 16.9 Å². The molecule has 0 bridgehead atoms. The summed E-state index contributed by atoms with van der Waals surface area (Å²) in [5.41, 5.74) is 15.2. The van der Waals surface area contributed by atoms with Crippen LogP contribution in [0.1, 0.15) is 41.4 Å². The predicted octanol–water partition coefficient (Wildman–Crippen LogP) is 2.90. The normalized spacial score (nSPS) is 11.9. The summed E-state index contributed by atoms with van der Waals surface area (Å²) in [6.07, 6.45) is 1.00. The lowest BCUT2D eigenvalue weighted by Gasteiger charge is -2.15. The Kier molecular flexibility index (Phi) is 4.48. The van der Waals surface area contributed by atoms with Crippen molar-refractivity contribution in [2.45, 2.75) is 26.3 Å². The number of nitrogen functional groups attached to an aromatic ring is 2. The molecular formula is C17H21N3O. The molecule has 0 aliphatic carbocycles. The molecule has 0 aliphatic heterocycles. The maximum atomic E-state index is 12.2. The van der Waals surface area contributed by atoms with Crippen LogP contribution >= 0.6 is 0 Å². The average molecular weight is 283 g/mol. The molecule has 4 heteroatoms. The highest BCUT2D eigenvalue weighted by molar-refractivity contribution is 5.96. The summed E-state index contributed by atoms with van der Waals surface area (Å²) in [4.78, 5) is 12.2. The fourth-order valence-electron chi connectivity index (χ4n) is 2.21. The topological polar surface area (TPSA) is 81.1 Å². The van der Waals surface area contributed by atoms with E-state index >= 15 is 0 Å². The summed E-state index contributed by atoms with van der Waals surface area (Å²) in [6, 6.07) is 13.0. The molecular weight excluding hydrogens is 262 g/mol. The quantitative estimate of drug-likeness (QED) is 0.755. The van der Waals surface area contributed by atoms with E-state index in [4.69, 9.17) is 11.5 Å². The summed E-state index contributed by atoms with van der Waals surface area (Å²) >= 11 is 0. The number of benzene rings is 2. The van der Waals surface area contributed by atoms with Crippen LogP contribution in [0, 0.1) is 0 Å². The molecule has 1 amide bonds. The molecule has 2 aromatic rings. The Hall–Kier alpha value is -2.49. The minimum Gasteiger partial charge on any atom is -0.399 e. The molecule has 4 nitrogen and oxygen atoms in total. The third-order valence-corrected chi connectivity index (χ3v) is 3.48. The van der Waals surface area contributed by atoms with Crippen LogP contribution in [0.3, 0.4) is 0 Å². The molecule has 0 saturated heterocycles. The summed E-state index contributed by atoms with van der Waals surface area (Å²) < 4.78 is 0. The molecule has 1 unspecified atom stereocenters. The van der Waals surface area contributed by atoms with E-state index in [2.05, 4.69) is 24.4 Å². The van der Waals surface area contributed by atoms with E-state index in [1.807, 2.05) is 19.1 Å². The second kappa shape index (κ2) is 6.31. The number of amides is 1. The maximum absolute atomic E-state index is 12.2. The highest BCUT2D eigenvalue weighted by Crippen LogP contribution is 2.17. The maximum Gasteiger partial charge on any atom is 0.251 e. The van der Waals surface area contributed by atoms with Crippen molar-refractivity contribution in [2.75, 3.05) is 11.5 Å². The number of hydrogen-bond acceptors (Lipinski definition) is 3. The molecule has 0 saturated carbocycles. The van der Waals surface area contributed by atoms with Crippen LogP contribution in [-0.2, 0) is 6.42 Å². The Morgan fingerprint density at radius 2 is 1.67 bits per heavy atom. The zero-order chi connectivity index (χ0) is 15.4. The van der Waals surface area contributed by atoms with Gasteiger partial charge in [0.1, 0.15) is 0 Å². The Morgan fingerprint density at radius 3 is 2.19 bits per heavy atom. The summed E-state index contributed by atoms with van der Waals surface area (Å²) in [5, 5.41) is 2.95. The number of rotatable bonds is 4. The van der Waals surface area contributed by atoms with Crippen LogP contribution in [0.4, 0.5) is 11.4 Å². The van der Waals surface area contributed by atoms with Crippen molar-refractivity contribution in [1.82, 2.24) is 5.32 Å². The van der Waals surface area contributed by atoms with Crippen LogP contribution in [0.2, 0.25) is 0 Å². The fourth-order valence-corrected chi connectivity index (χ4v) is 2.21. The van der Waals surface area contributed by atoms with Gasteiger partial charge in [-0.25, -0.2) is 0 Å². The monoisotopic (exact) mass is 283 g/mol. The van der Waals surface area contributed by atoms with Crippen LogP contribution in [-0.4, -0.2) is 5.91 Å². The molecule has 21 heavy (non-hydrogen) atoms. The third kappa shape index (κ3) is 3.75. The van der Waals surface area contributed by atoms with Crippen molar-refractivity contribution in [3.05, 3.63) is 59.2 Å². The summed E-state index contributed by atoms with van der Waals surface area (Å²) in [6.45, 7) is 4.07. The standard InChI is InChI=1S/C17H21N3O/c1-3-12-4-6-13(7-5-12)11(2)20-17(21)14-8-15(18)10-16(19)9-14/h4-11H,3,18-19H2,1-2H3,(H,20,21). The Balaban J connectivity index is 2.10. The fraction of sp³-hybridized carbons (Fsp3) is 0.235. The minimum absolute atomic E-state index is 0.0777. The SMILES string of the molecule is CCc1ccc(C(C)NC(=O)c2cc(N)cc(N)c2)cc1. The Bertz CT molecular complexity index is 615. The number of carbonyl (C=O) groups excluding carboxylic acids is 1. The highest BCUT2D eigenvalue weighted by Gasteiger charge is 2.12. The van der Waals surface area contributed by atoms with Gasteiger partial charge in [-0.05, 0) is 42.7 Å². The lowest BCUT2D eigenvalue weighted by atomic mass is 10.0. The van der Waals surface area contributed by atoms with E-state index in [1.54, 1.807) is 18.2 Å². The van der Waals surface area contributed by atoms with Crippen molar-refractivity contribution in [1.29, 1.82) is 0 Å². The molecule has 0 radical (unpaired) electrons. The second-order valence-electron chi connectivity index (χ2n) is 5.18. The molecule has 5 N–H and O–H groups in total. The zero-order valence-corrected chi connectivity index (χ0v) is 12.4. The van der Waals surface area contributed by atoms with E-state index in [1.165, 1.54) is 5.56 Å². The smallest absolute Gasteiger partial charge is 0.251 e. The summed E-state index contributed by atoms with van der Waals surface area (Å²) in [5.74, 6) is -0.180. The van der Waals surface area contributed by atoms with Gasteiger partial charge >= 0.3 is 0 Å². The second-order valence-corrected chi connectivity index (χ2v) is 5.18. The molecule has 0 fully saturated rings. The van der Waals surface area contributed by atoms with Crippen molar-refractivity contribution in [3.8, 4) is 0 Å². The van der Waals surface area contributed by atoms with E-state index in [0.717, 1.165) is 12.0 Å². The Morgan fingerprint density at radius 1 is 1.10 bits per heavy atom. The Labute approximate surface area is 125 Å². The number of nitrogens with one attached hydrogen (secondary N) is 1. The lowest BCUT2D eigenvalue weighted by Crippen LogP contribution is -2.26. The van der Waals surface area contributed by atoms with Crippen LogP contribution in [0.15, 0.2) is 42.5 Å². The van der Waals surface area contributed by atoms with Crippen molar-refractivity contribution >= 4 is 17.3 Å². The van der Waals surface area contributed by atoms with Crippen LogP contribution in [0.5, 0.6) is 0 Å². The van der Waals surface area contributed by atoms with Gasteiger partial charge in [-0.1, -0.05) is 31.2 Å². The number of hydrogen-bond donors (Lipinski definition) is 3. The number of aryl methyl sites for hydroxylation is 1. The van der Waals surface area contributed by atoms with Gasteiger partial charge in [0.2, 0.25) is 0 Å². The van der Waals surface area contributed by atoms with Crippen molar-refractivity contribution in [3.63, 3.8) is 0 Å². The van der Waals surface area contributed by atoms with Gasteiger partial charge in [0.05, 0.1) is 6.04 Å². The first-order chi connectivity index (χ1) is 9.99. The van der Waals surface area contributed by atoms with E-state index in [9.17, 15) is 4.79 Å². The molecule has 0 spiro atoms. The number of carbonyl (C=O) groups is 1. The van der Waals surface area contributed by atoms with Gasteiger partial charge in [-0.15, -0.1) is 0 Å². The van der Waals surface area contributed by atoms with Gasteiger partial charge < -0.3 is 16.8 Å². The molecule has 110 valence electrons. The largest absolute Gasteiger partial charge is 0.399 e. The first-order valence-electron chi connectivity index (χ1n) is 7.05.